The Bertz CT molecular complexity index is 929. The number of alkyl halides is 3. The van der Waals surface area contributed by atoms with Crippen molar-refractivity contribution in [3.8, 4) is 0 Å². The lowest BCUT2D eigenvalue weighted by Gasteiger charge is -2.09. The number of tetrazole rings is 1. The third kappa shape index (κ3) is 3.38. The van der Waals surface area contributed by atoms with Gasteiger partial charge in [-0.2, -0.15) is 17.7 Å². The molecule has 0 fully saturated rings. The first-order valence-corrected chi connectivity index (χ1v) is 7.13. The average Bonchev–Trinajstić information content (AvgIpc) is 3.11. The van der Waals surface area contributed by atoms with Crippen LogP contribution in [0.25, 0.3) is 16.7 Å². The number of carboxylic acids is 1. The second kappa shape index (κ2) is 6.63. The van der Waals surface area contributed by atoms with Crippen molar-refractivity contribution >= 4 is 22.6 Å². The lowest BCUT2D eigenvalue weighted by molar-refractivity contribution is -0.192. The fourth-order valence-electron chi connectivity index (χ4n) is 2.39. The molecule has 0 aliphatic heterocycles. The third-order valence-corrected chi connectivity index (χ3v) is 3.65. The first-order chi connectivity index (χ1) is 11.6. The summed E-state index contributed by atoms with van der Waals surface area (Å²) < 4.78 is 35.6. The molecule has 0 aliphatic rings. The number of nitrogens with zero attached hydrogens (tertiary/aromatic N) is 6. The van der Waals surface area contributed by atoms with Gasteiger partial charge in [-0.3, -0.25) is 0 Å². The summed E-state index contributed by atoms with van der Waals surface area (Å²) in [5.41, 5.74) is 10.5. The van der Waals surface area contributed by atoms with Crippen LogP contribution in [0.3, 0.4) is 0 Å². The Morgan fingerprint density at radius 1 is 1.28 bits per heavy atom. The Morgan fingerprint density at radius 3 is 2.40 bits per heavy atom. The number of pyridine rings is 1. The number of carbonyl (C=O) groups is 1. The zero-order chi connectivity index (χ0) is 18.9. The van der Waals surface area contributed by atoms with E-state index in [1.54, 1.807) is 4.52 Å². The van der Waals surface area contributed by atoms with E-state index in [-0.39, 0.29) is 0 Å². The molecule has 0 saturated heterocycles. The molecule has 0 atom stereocenters. The number of rotatable bonds is 2. The van der Waals surface area contributed by atoms with Gasteiger partial charge in [-0.15, -0.1) is 5.10 Å². The second-order valence-corrected chi connectivity index (χ2v) is 5.22. The van der Waals surface area contributed by atoms with Gasteiger partial charge in [0.2, 0.25) is 5.65 Å². The number of fused-ring (bicyclic) bond motifs is 3. The van der Waals surface area contributed by atoms with Gasteiger partial charge < -0.3 is 15.4 Å². The summed E-state index contributed by atoms with van der Waals surface area (Å²) >= 11 is 0. The number of hydrogen-bond acceptors (Lipinski definition) is 6. The molecule has 0 aromatic carbocycles. The minimum Gasteiger partial charge on any atom is -0.475 e. The Balaban J connectivity index is 0.000000277. The minimum atomic E-state index is -5.08. The predicted molar refractivity (Wildman–Crippen MR) is 81.0 cm³/mol. The summed E-state index contributed by atoms with van der Waals surface area (Å²) in [5.74, 6) is -1.82. The van der Waals surface area contributed by atoms with Crippen LogP contribution in [-0.4, -0.2) is 53.4 Å². The molecule has 25 heavy (non-hydrogen) atoms. The number of aryl methyl sites for hydroxylation is 3. The highest BCUT2D eigenvalue weighted by atomic mass is 19.4. The molecule has 3 N–H and O–H groups in total. The number of hydrogen-bond donors (Lipinski definition) is 2. The molecule has 12 heteroatoms. The zero-order valence-electron chi connectivity index (χ0n) is 13.7. The first-order valence-electron chi connectivity index (χ1n) is 7.13. The quantitative estimate of drug-likeness (QED) is 0.699. The van der Waals surface area contributed by atoms with Gasteiger partial charge >= 0.3 is 12.1 Å². The summed E-state index contributed by atoms with van der Waals surface area (Å²) in [7, 11) is 0. The monoisotopic (exact) mass is 359 g/mol. The van der Waals surface area contributed by atoms with E-state index in [0.29, 0.717) is 12.2 Å². The van der Waals surface area contributed by atoms with Crippen molar-refractivity contribution in [2.75, 3.05) is 6.54 Å². The molecule has 0 unspecified atom stereocenters. The van der Waals surface area contributed by atoms with Gasteiger partial charge in [0, 0.05) is 18.8 Å². The van der Waals surface area contributed by atoms with Crippen LogP contribution in [-0.2, 0) is 11.3 Å². The summed E-state index contributed by atoms with van der Waals surface area (Å²) in [6, 6.07) is 0. The Kier molecular flexibility index (Phi) is 4.92. The van der Waals surface area contributed by atoms with Gasteiger partial charge in [-0.05, 0) is 36.8 Å². The fraction of sp³-hybridized carbons (Fsp3) is 0.462. The molecule has 3 aromatic rings. The van der Waals surface area contributed by atoms with Crippen LogP contribution in [0.1, 0.15) is 17.1 Å². The van der Waals surface area contributed by atoms with Crippen molar-refractivity contribution in [1.82, 2.24) is 29.6 Å². The molecule has 3 rings (SSSR count). The van der Waals surface area contributed by atoms with Crippen molar-refractivity contribution in [2.45, 2.75) is 33.5 Å². The molecule has 0 spiro atoms. The van der Waals surface area contributed by atoms with Crippen molar-refractivity contribution in [2.24, 2.45) is 5.73 Å². The topological polar surface area (TPSA) is 124 Å². The number of carboxylic acid groups (broad SMARTS) is 1. The highest BCUT2D eigenvalue weighted by Gasteiger charge is 2.38. The smallest absolute Gasteiger partial charge is 0.475 e. The molecule has 0 aliphatic carbocycles. The van der Waals surface area contributed by atoms with Gasteiger partial charge in [0.1, 0.15) is 11.3 Å². The van der Waals surface area contributed by atoms with E-state index in [4.69, 9.17) is 15.6 Å². The maximum atomic E-state index is 10.6. The maximum Gasteiger partial charge on any atom is 0.490 e. The van der Waals surface area contributed by atoms with E-state index < -0.39 is 12.1 Å². The molecule has 3 aromatic heterocycles. The predicted octanol–water partition coefficient (Wildman–Crippen LogP) is 0.991. The van der Waals surface area contributed by atoms with Crippen molar-refractivity contribution in [1.29, 1.82) is 0 Å². The van der Waals surface area contributed by atoms with Gasteiger partial charge in [-0.25, -0.2) is 9.78 Å². The van der Waals surface area contributed by atoms with Crippen molar-refractivity contribution < 1.29 is 23.1 Å². The zero-order valence-corrected chi connectivity index (χ0v) is 13.7. The molecular formula is C13H16F3N7O2. The minimum absolute atomic E-state index is 0.584. The molecule has 136 valence electrons. The van der Waals surface area contributed by atoms with Gasteiger partial charge in [0.25, 0.3) is 0 Å². The van der Waals surface area contributed by atoms with E-state index in [9.17, 15) is 13.2 Å². The molecule has 3 heterocycles. The summed E-state index contributed by atoms with van der Waals surface area (Å²) in [6.45, 7) is 7.38. The van der Waals surface area contributed by atoms with Crippen LogP contribution in [0, 0.1) is 20.8 Å². The number of aromatic nitrogens is 6. The van der Waals surface area contributed by atoms with E-state index in [1.165, 1.54) is 0 Å². The van der Waals surface area contributed by atoms with Gasteiger partial charge in [0.15, 0.2) is 0 Å². The van der Waals surface area contributed by atoms with Crippen LogP contribution in [0.4, 0.5) is 13.2 Å². The number of nitrogens with two attached hydrogens (primary N) is 1. The average molecular weight is 359 g/mol. The van der Waals surface area contributed by atoms with Gasteiger partial charge in [0.05, 0.1) is 5.52 Å². The molecule has 0 amide bonds. The van der Waals surface area contributed by atoms with E-state index in [0.717, 1.165) is 34.7 Å². The highest BCUT2D eigenvalue weighted by Crippen LogP contribution is 2.25. The SMILES string of the molecule is Cc1c(C)n2nnnc2c2nc(C)n(CCN)c12.O=C(O)C(F)(F)F. The van der Waals surface area contributed by atoms with Crippen molar-refractivity contribution in [3.63, 3.8) is 0 Å². The molecule has 0 radical (unpaired) electrons. The number of imidazole rings is 1. The second-order valence-electron chi connectivity index (χ2n) is 5.22. The Labute approximate surface area is 139 Å². The van der Waals surface area contributed by atoms with Crippen LogP contribution in [0.2, 0.25) is 0 Å². The summed E-state index contributed by atoms with van der Waals surface area (Å²) in [6.07, 6.45) is -5.08. The van der Waals surface area contributed by atoms with Crippen LogP contribution >= 0.6 is 0 Å². The summed E-state index contributed by atoms with van der Waals surface area (Å²) in [5, 5.41) is 18.9. The van der Waals surface area contributed by atoms with Crippen LogP contribution < -0.4 is 5.73 Å². The van der Waals surface area contributed by atoms with E-state index >= 15 is 0 Å². The Hall–Kier alpha value is -2.76. The normalized spacial score (nSPS) is 11.6. The molecule has 0 bridgehead atoms. The maximum absolute atomic E-state index is 10.6. The van der Waals surface area contributed by atoms with E-state index in [1.807, 2.05) is 13.8 Å². The Morgan fingerprint density at radius 2 is 1.88 bits per heavy atom. The molecular weight excluding hydrogens is 343 g/mol. The van der Waals surface area contributed by atoms with E-state index in [2.05, 4.69) is 32.0 Å². The van der Waals surface area contributed by atoms with Gasteiger partial charge in [-0.1, -0.05) is 0 Å². The lowest BCUT2D eigenvalue weighted by Crippen LogP contribution is -2.21. The lowest BCUT2D eigenvalue weighted by atomic mass is 10.2. The van der Waals surface area contributed by atoms with Crippen LogP contribution in [0.15, 0.2) is 0 Å². The third-order valence-electron chi connectivity index (χ3n) is 3.65. The number of halogens is 3. The largest absolute Gasteiger partial charge is 0.490 e. The fourth-order valence-corrected chi connectivity index (χ4v) is 2.39. The molecule has 0 saturated carbocycles. The first kappa shape index (κ1) is 18.6. The highest BCUT2D eigenvalue weighted by molar-refractivity contribution is 5.91. The summed E-state index contributed by atoms with van der Waals surface area (Å²) in [4.78, 5) is 13.5. The van der Waals surface area contributed by atoms with Crippen molar-refractivity contribution in [3.05, 3.63) is 17.1 Å². The standard InChI is InChI=1S/C11H15N7.C2HF3O2/c1-6-7(2)18-11(14-15-16-18)9-10(6)17(5-4-12)8(3)13-9;3-2(4,5)1(6)7/h4-5,12H2,1-3H3;(H,6,7). The number of aliphatic carboxylic acids is 1. The van der Waals surface area contributed by atoms with Crippen LogP contribution in [0.5, 0.6) is 0 Å². The molecule has 9 nitrogen and oxygen atoms in total.